The van der Waals surface area contributed by atoms with Crippen molar-refractivity contribution in [3.8, 4) is 11.5 Å². The first-order valence-corrected chi connectivity index (χ1v) is 5.37. The van der Waals surface area contributed by atoms with Gasteiger partial charge in [-0.1, -0.05) is 0 Å². The highest BCUT2D eigenvalue weighted by Gasteiger charge is 2.12. The lowest BCUT2D eigenvalue weighted by Gasteiger charge is -2.18. The summed E-state index contributed by atoms with van der Waals surface area (Å²) in [6, 6.07) is 5.44. The number of hydrogen-bond donors (Lipinski definition) is 0. The standard InChI is InChI=1S/C12H15NO3/c1-9(2)13(14)8-10-3-4-11-12(7-10)16-6-5-15-11/h3-4,7-9H,5-6H2,1-2H3/b13-8-. The monoisotopic (exact) mass is 221 g/mol. The molecule has 0 aliphatic carbocycles. The van der Waals surface area contributed by atoms with Gasteiger partial charge >= 0.3 is 0 Å². The first kappa shape index (κ1) is 10.8. The Bertz CT molecular complexity index is 413. The zero-order chi connectivity index (χ0) is 11.5. The lowest BCUT2D eigenvalue weighted by molar-refractivity contribution is -0.487. The second-order valence-corrected chi connectivity index (χ2v) is 3.99. The Hall–Kier alpha value is -1.71. The summed E-state index contributed by atoms with van der Waals surface area (Å²) in [5, 5.41) is 11.5. The van der Waals surface area contributed by atoms with Crippen LogP contribution >= 0.6 is 0 Å². The fourth-order valence-electron chi connectivity index (χ4n) is 1.44. The molecule has 0 aromatic heterocycles. The molecule has 0 bridgehead atoms. The molecule has 0 amide bonds. The van der Waals surface area contributed by atoms with E-state index in [1.165, 1.54) is 0 Å². The van der Waals surface area contributed by atoms with E-state index in [1.807, 2.05) is 32.0 Å². The largest absolute Gasteiger partial charge is 0.624 e. The van der Waals surface area contributed by atoms with Gasteiger partial charge in [-0.15, -0.1) is 0 Å². The molecule has 0 spiro atoms. The van der Waals surface area contributed by atoms with Gasteiger partial charge in [-0.25, -0.2) is 4.74 Å². The molecular weight excluding hydrogens is 206 g/mol. The van der Waals surface area contributed by atoms with E-state index in [2.05, 4.69) is 0 Å². The summed E-state index contributed by atoms with van der Waals surface area (Å²) in [5.74, 6) is 1.45. The second-order valence-electron chi connectivity index (χ2n) is 3.99. The van der Waals surface area contributed by atoms with Crippen LogP contribution in [0.15, 0.2) is 18.2 Å². The zero-order valence-corrected chi connectivity index (χ0v) is 9.47. The van der Waals surface area contributed by atoms with Crippen LogP contribution in [0.1, 0.15) is 19.4 Å². The van der Waals surface area contributed by atoms with Gasteiger partial charge in [0, 0.05) is 5.56 Å². The van der Waals surface area contributed by atoms with E-state index < -0.39 is 0 Å². The maximum absolute atomic E-state index is 11.5. The molecule has 86 valence electrons. The number of ether oxygens (including phenoxy) is 2. The van der Waals surface area contributed by atoms with Gasteiger partial charge in [0.05, 0.1) is 0 Å². The van der Waals surface area contributed by atoms with E-state index >= 15 is 0 Å². The predicted molar refractivity (Wildman–Crippen MR) is 61.4 cm³/mol. The van der Waals surface area contributed by atoms with Gasteiger partial charge in [-0.2, -0.15) is 0 Å². The molecule has 0 saturated heterocycles. The molecule has 0 saturated carbocycles. The quantitative estimate of drug-likeness (QED) is 0.331. The third-order valence-corrected chi connectivity index (χ3v) is 2.35. The fraction of sp³-hybridized carbons (Fsp3) is 0.417. The summed E-state index contributed by atoms with van der Waals surface area (Å²) < 4.78 is 11.8. The minimum atomic E-state index is -0.0619. The number of fused-ring (bicyclic) bond motifs is 1. The van der Waals surface area contributed by atoms with Gasteiger partial charge in [-0.3, -0.25) is 0 Å². The molecule has 1 aromatic carbocycles. The molecule has 1 aliphatic rings. The molecule has 16 heavy (non-hydrogen) atoms. The molecule has 1 heterocycles. The Morgan fingerprint density at radius 2 is 1.94 bits per heavy atom. The minimum Gasteiger partial charge on any atom is -0.624 e. The summed E-state index contributed by atoms with van der Waals surface area (Å²) in [6.07, 6.45) is 1.56. The first-order valence-electron chi connectivity index (χ1n) is 5.37. The van der Waals surface area contributed by atoms with Gasteiger partial charge in [-0.05, 0) is 32.0 Å². The molecule has 0 unspecified atom stereocenters. The van der Waals surface area contributed by atoms with E-state index in [4.69, 9.17) is 9.47 Å². The van der Waals surface area contributed by atoms with E-state index in [9.17, 15) is 5.21 Å². The van der Waals surface area contributed by atoms with Crippen molar-refractivity contribution in [2.45, 2.75) is 19.9 Å². The van der Waals surface area contributed by atoms with Crippen LogP contribution in [-0.2, 0) is 0 Å². The van der Waals surface area contributed by atoms with Crippen LogP contribution < -0.4 is 9.47 Å². The SMILES string of the molecule is CC(C)/[N+]([O-])=C/c1ccc2c(c1)OCCO2. The Labute approximate surface area is 94.7 Å². The van der Waals surface area contributed by atoms with E-state index in [0.29, 0.717) is 19.0 Å². The molecule has 1 aromatic rings. The minimum absolute atomic E-state index is 0.0619. The average molecular weight is 221 g/mol. The van der Waals surface area contributed by atoms with Crippen molar-refractivity contribution in [3.63, 3.8) is 0 Å². The lowest BCUT2D eigenvalue weighted by Crippen LogP contribution is -2.17. The van der Waals surface area contributed by atoms with Crippen LogP contribution in [0.2, 0.25) is 0 Å². The normalized spacial score (nSPS) is 15.3. The average Bonchev–Trinajstić information content (AvgIpc) is 2.28. The summed E-state index contributed by atoms with van der Waals surface area (Å²) in [4.78, 5) is 0. The number of hydroxylamine groups is 1. The highest BCUT2D eigenvalue weighted by Crippen LogP contribution is 2.30. The van der Waals surface area contributed by atoms with Gasteiger partial charge in [0.15, 0.2) is 23.8 Å². The Kier molecular flexibility index (Phi) is 2.99. The number of nitrogens with zero attached hydrogens (tertiary/aromatic N) is 1. The maximum atomic E-state index is 11.5. The molecular formula is C12H15NO3. The summed E-state index contributed by atoms with van der Waals surface area (Å²) in [5.41, 5.74) is 0.827. The molecule has 2 rings (SSSR count). The van der Waals surface area contributed by atoms with Crippen LogP contribution in [0, 0.1) is 5.21 Å². The molecule has 1 aliphatic heterocycles. The van der Waals surface area contributed by atoms with Crippen molar-refractivity contribution in [2.75, 3.05) is 13.2 Å². The van der Waals surface area contributed by atoms with Crippen LogP contribution in [0.25, 0.3) is 0 Å². The summed E-state index contributed by atoms with van der Waals surface area (Å²) in [6.45, 7) is 4.83. The van der Waals surface area contributed by atoms with Crippen molar-refractivity contribution < 1.29 is 14.2 Å². The molecule has 4 nitrogen and oxygen atoms in total. The van der Waals surface area contributed by atoms with E-state index in [-0.39, 0.29) is 6.04 Å². The number of hydrogen-bond acceptors (Lipinski definition) is 3. The van der Waals surface area contributed by atoms with Gasteiger partial charge in [0.1, 0.15) is 13.2 Å². The molecule has 0 radical (unpaired) electrons. The zero-order valence-electron chi connectivity index (χ0n) is 9.47. The topological polar surface area (TPSA) is 44.5 Å². The molecule has 0 fully saturated rings. The third-order valence-electron chi connectivity index (χ3n) is 2.35. The van der Waals surface area contributed by atoms with Crippen molar-refractivity contribution in [1.82, 2.24) is 0 Å². The molecule has 0 N–H and O–H groups in total. The Morgan fingerprint density at radius 3 is 2.62 bits per heavy atom. The third kappa shape index (κ3) is 2.27. The van der Waals surface area contributed by atoms with Crippen LogP contribution in [-0.4, -0.2) is 30.2 Å². The van der Waals surface area contributed by atoms with Crippen molar-refractivity contribution in [3.05, 3.63) is 29.0 Å². The van der Waals surface area contributed by atoms with E-state index in [1.54, 1.807) is 6.21 Å². The summed E-state index contributed by atoms with van der Waals surface area (Å²) in [7, 11) is 0. The van der Waals surface area contributed by atoms with Crippen LogP contribution in [0.4, 0.5) is 0 Å². The van der Waals surface area contributed by atoms with Crippen molar-refractivity contribution in [2.24, 2.45) is 0 Å². The Morgan fingerprint density at radius 1 is 1.25 bits per heavy atom. The highest BCUT2D eigenvalue weighted by atomic mass is 16.6. The lowest BCUT2D eigenvalue weighted by atomic mass is 10.2. The van der Waals surface area contributed by atoms with Crippen LogP contribution in [0.5, 0.6) is 11.5 Å². The predicted octanol–water partition coefficient (Wildman–Crippen LogP) is 1.80. The Balaban J connectivity index is 2.27. The summed E-state index contributed by atoms with van der Waals surface area (Å²) >= 11 is 0. The smallest absolute Gasteiger partial charge is 0.182 e. The van der Waals surface area contributed by atoms with Crippen LogP contribution in [0.3, 0.4) is 0 Å². The van der Waals surface area contributed by atoms with Gasteiger partial charge in [0.25, 0.3) is 0 Å². The highest BCUT2D eigenvalue weighted by molar-refractivity contribution is 5.77. The van der Waals surface area contributed by atoms with E-state index in [0.717, 1.165) is 16.1 Å². The fourth-order valence-corrected chi connectivity index (χ4v) is 1.44. The number of benzene rings is 1. The molecule has 0 atom stereocenters. The molecule has 4 heteroatoms. The van der Waals surface area contributed by atoms with Crippen molar-refractivity contribution in [1.29, 1.82) is 0 Å². The second kappa shape index (κ2) is 4.43. The maximum Gasteiger partial charge on any atom is 0.182 e. The first-order chi connectivity index (χ1) is 7.66. The number of rotatable bonds is 2. The van der Waals surface area contributed by atoms with Gasteiger partial charge < -0.3 is 14.7 Å². The van der Waals surface area contributed by atoms with Crippen molar-refractivity contribution >= 4 is 6.21 Å². The van der Waals surface area contributed by atoms with Gasteiger partial charge in [0.2, 0.25) is 0 Å².